The zero-order chi connectivity index (χ0) is 13.6. The number of rotatable bonds is 5. The van der Waals surface area contributed by atoms with Crippen LogP contribution in [0.2, 0.25) is 0 Å². The van der Waals surface area contributed by atoms with Crippen LogP contribution in [0.1, 0.15) is 32.9 Å². The minimum atomic E-state index is -0.278. The van der Waals surface area contributed by atoms with Crippen LogP contribution in [0.4, 0.5) is 9.93 Å². The maximum Gasteiger partial charge on any atom is 0.321 e. The zero-order valence-electron chi connectivity index (χ0n) is 11.1. The van der Waals surface area contributed by atoms with Crippen LogP contribution in [0.25, 0.3) is 0 Å². The molecule has 2 amide bonds. The Kier molecular flexibility index (Phi) is 5.55. The number of anilines is 1. The van der Waals surface area contributed by atoms with E-state index in [1.54, 1.807) is 0 Å². The third-order valence-corrected chi connectivity index (χ3v) is 2.91. The average molecular weight is 271 g/mol. The summed E-state index contributed by atoms with van der Waals surface area (Å²) in [6.07, 6.45) is 1.44. The van der Waals surface area contributed by atoms with Gasteiger partial charge in [-0.2, -0.15) is 0 Å². The van der Waals surface area contributed by atoms with E-state index >= 15 is 0 Å². The number of aromatic nitrogens is 1. The Balaban J connectivity index is 2.41. The smallest absolute Gasteiger partial charge is 0.321 e. The highest BCUT2D eigenvalue weighted by atomic mass is 32.1. The molecule has 0 saturated carbocycles. The van der Waals surface area contributed by atoms with E-state index in [0.717, 1.165) is 12.1 Å². The summed E-state index contributed by atoms with van der Waals surface area (Å²) in [4.78, 5) is 15.8. The number of amides is 2. The Morgan fingerprint density at radius 1 is 1.50 bits per heavy atom. The lowest BCUT2D eigenvalue weighted by atomic mass is 9.91. The summed E-state index contributed by atoms with van der Waals surface area (Å²) in [6.45, 7) is 7.00. The number of carbonyl (C=O) groups excluding carboxylic acids is 1. The molecule has 0 aliphatic carbocycles. The van der Waals surface area contributed by atoms with Crippen LogP contribution >= 0.6 is 11.3 Å². The molecule has 102 valence electrons. The number of nitrogens with one attached hydrogen (secondary N) is 2. The number of carbonyl (C=O) groups is 1. The molecule has 0 bridgehead atoms. The number of nitrogens with zero attached hydrogens (tertiary/aromatic N) is 1. The SMILES string of the molecule is CC(C)(C)Cc1csc(NC(=O)NCCCO)n1. The Morgan fingerprint density at radius 3 is 2.83 bits per heavy atom. The Bertz CT molecular complexity index is 385. The molecular formula is C12H21N3O2S. The van der Waals surface area contributed by atoms with Crippen molar-refractivity contribution >= 4 is 22.5 Å². The lowest BCUT2D eigenvalue weighted by Gasteiger charge is -2.15. The van der Waals surface area contributed by atoms with Gasteiger partial charge in [0.05, 0.1) is 5.69 Å². The van der Waals surface area contributed by atoms with E-state index in [2.05, 4.69) is 36.4 Å². The number of aliphatic hydroxyl groups excluding tert-OH is 1. The summed E-state index contributed by atoms with van der Waals surface area (Å²) in [6, 6.07) is -0.278. The summed E-state index contributed by atoms with van der Waals surface area (Å²) in [7, 11) is 0. The molecule has 0 fully saturated rings. The molecule has 1 rings (SSSR count). The van der Waals surface area contributed by atoms with Crippen molar-refractivity contribution in [2.75, 3.05) is 18.5 Å². The van der Waals surface area contributed by atoms with Crippen LogP contribution < -0.4 is 10.6 Å². The van der Waals surface area contributed by atoms with Crippen LogP contribution in [0, 0.1) is 5.41 Å². The highest BCUT2D eigenvalue weighted by Crippen LogP contribution is 2.23. The van der Waals surface area contributed by atoms with E-state index in [1.165, 1.54) is 11.3 Å². The van der Waals surface area contributed by atoms with E-state index < -0.39 is 0 Å². The number of thiazole rings is 1. The molecular weight excluding hydrogens is 250 g/mol. The lowest BCUT2D eigenvalue weighted by Crippen LogP contribution is -2.29. The molecule has 0 aromatic carbocycles. The first-order chi connectivity index (χ1) is 8.40. The molecule has 0 aliphatic rings. The van der Waals surface area contributed by atoms with Gasteiger partial charge in [0.25, 0.3) is 0 Å². The molecule has 1 aromatic rings. The predicted octanol–water partition coefficient (Wildman–Crippen LogP) is 2.24. The second kappa shape index (κ2) is 6.70. The molecule has 0 aliphatic heterocycles. The molecule has 5 nitrogen and oxygen atoms in total. The fourth-order valence-electron chi connectivity index (χ4n) is 1.41. The Morgan fingerprint density at radius 2 is 2.22 bits per heavy atom. The van der Waals surface area contributed by atoms with Crippen LogP contribution in [0.3, 0.4) is 0 Å². The summed E-state index contributed by atoms with van der Waals surface area (Å²) < 4.78 is 0. The van der Waals surface area contributed by atoms with Crippen molar-refractivity contribution in [1.82, 2.24) is 10.3 Å². The number of aliphatic hydroxyl groups is 1. The predicted molar refractivity (Wildman–Crippen MR) is 74.0 cm³/mol. The van der Waals surface area contributed by atoms with Gasteiger partial charge in [0.2, 0.25) is 0 Å². The molecule has 1 aromatic heterocycles. The first-order valence-corrected chi connectivity index (χ1v) is 6.89. The van der Waals surface area contributed by atoms with Gasteiger partial charge in [-0.15, -0.1) is 11.3 Å². The minimum Gasteiger partial charge on any atom is -0.396 e. The van der Waals surface area contributed by atoms with Crippen molar-refractivity contribution in [2.45, 2.75) is 33.6 Å². The van der Waals surface area contributed by atoms with Gasteiger partial charge in [-0.3, -0.25) is 5.32 Å². The number of hydrogen-bond donors (Lipinski definition) is 3. The molecule has 0 saturated heterocycles. The second-order valence-electron chi connectivity index (χ2n) is 5.34. The summed E-state index contributed by atoms with van der Waals surface area (Å²) in [5, 5.41) is 16.5. The quantitative estimate of drug-likeness (QED) is 0.719. The molecule has 0 spiro atoms. The van der Waals surface area contributed by atoms with Gasteiger partial charge >= 0.3 is 6.03 Å². The monoisotopic (exact) mass is 271 g/mol. The Hall–Kier alpha value is -1.14. The second-order valence-corrected chi connectivity index (χ2v) is 6.20. The van der Waals surface area contributed by atoms with Crippen molar-refractivity contribution in [3.63, 3.8) is 0 Å². The third kappa shape index (κ3) is 5.97. The standard InChI is InChI=1S/C12H21N3O2S/c1-12(2,3)7-9-8-18-11(14-9)15-10(17)13-5-4-6-16/h8,16H,4-7H2,1-3H3,(H2,13,14,15,17). The largest absolute Gasteiger partial charge is 0.396 e. The zero-order valence-corrected chi connectivity index (χ0v) is 11.9. The lowest BCUT2D eigenvalue weighted by molar-refractivity contribution is 0.249. The van der Waals surface area contributed by atoms with E-state index in [0.29, 0.717) is 18.1 Å². The normalized spacial score (nSPS) is 11.3. The first-order valence-electron chi connectivity index (χ1n) is 6.01. The molecule has 0 unspecified atom stereocenters. The maximum absolute atomic E-state index is 11.4. The average Bonchev–Trinajstić information content (AvgIpc) is 2.63. The van der Waals surface area contributed by atoms with Gasteiger partial charge in [-0.25, -0.2) is 9.78 Å². The number of hydrogen-bond acceptors (Lipinski definition) is 4. The van der Waals surface area contributed by atoms with Crippen molar-refractivity contribution in [2.24, 2.45) is 5.41 Å². The van der Waals surface area contributed by atoms with Crippen LogP contribution in [-0.2, 0) is 6.42 Å². The van der Waals surface area contributed by atoms with Gasteiger partial charge in [0.1, 0.15) is 0 Å². The van der Waals surface area contributed by atoms with Gasteiger partial charge in [-0.1, -0.05) is 20.8 Å². The van der Waals surface area contributed by atoms with Crippen LogP contribution in [-0.4, -0.2) is 29.3 Å². The fourth-order valence-corrected chi connectivity index (χ4v) is 2.12. The highest BCUT2D eigenvalue weighted by Gasteiger charge is 2.14. The van der Waals surface area contributed by atoms with E-state index in [4.69, 9.17) is 5.11 Å². The molecule has 6 heteroatoms. The first kappa shape index (κ1) is 14.9. The summed E-state index contributed by atoms with van der Waals surface area (Å²) in [5.41, 5.74) is 1.19. The van der Waals surface area contributed by atoms with E-state index in [1.807, 2.05) is 5.38 Å². The highest BCUT2D eigenvalue weighted by molar-refractivity contribution is 7.13. The van der Waals surface area contributed by atoms with E-state index in [9.17, 15) is 4.79 Å². The fraction of sp³-hybridized carbons (Fsp3) is 0.667. The Labute approximate surface area is 112 Å². The van der Waals surface area contributed by atoms with Crippen LogP contribution in [0.5, 0.6) is 0 Å². The number of urea groups is 1. The van der Waals surface area contributed by atoms with Crippen molar-refractivity contribution < 1.29 is 9.90 Å². The molecule has 1 heterocycles. The van der Waals surface area contributed by atoms with Crippen LogP contribution in [0.15, 0.2) is 5.38 Å². The summed E-state index contributed by atoms with van der Waals surface area (Å²) in [5.74, 6) is 0. The van der Waals surface area contributed by atoms with Crippen molar-refractivity contribution in [1.29, 1.82) is 0 Å². The van der Waals surface area contributed by atoms with E-state index in [-0.39, 0.29) is 18.1 Å². The van der Waals surface area contributed by atoms with Gasteiger partial charge in [0, 0.05) is 18.5 Å². The van der Waals surface area contributed by atoms with Crippen molar-refractivity contribution in [3.05, 3.63) is 11.1 Å². The summed E-state index contributed by atoms with van der Waals surface area (Å²) >= 11 is 1.43. The topological polar surface area (TPSA) is 74.2 Å². The molecule has 0 radical (unpaired) electrons. The third-order valence-electron chi connectivity index (χ3n) is 2.10. The maximum atomic E-state index is 11.4. The van der Waals surface area contributed by atoms with Gasteiger partial charge < -0.3 is 10.4 Å². The molecule has 0 atom stereocenters. The van der Waals surface area contributed by atoms with Gasteiger partial charge in [-0.05, 0) is 18.3 Å². The molecule has 3 N–H and O–H groups in total. The molecule has 18 heavy (non-hydrogen) atoms. The van der Waals surface area contributed by atoms with Gasteiger partial charge in [0.15, 0.2) is 5.13 Å². The van der Waals surface area contributed by atoms with Crippen molar-refractivity contribution in [3.8, 4) is 0 Å². The minimum absolute atomic E-state index is 0.0766.